The lowest BCUT2D eigenvalue weighted by Crippen LogP contribution is -2.52. The molecule has 4 rings (SSSR count). The van der Waals surface area contributed by atoms with E-state index in [2.05, 4.69) is 65.1 Å². The number of amides is 1. The Hall–Kier alpha value is -1.57. The molecular formula is C28H41NO. The molecular weight excluding hydrogens is 366 g/mol. The molecule has 0 heterocycles. The molecule has 1 N–H and O–H groups in total. The molecule has 1 saturated carbocycles. The molecule has 4 unspecified atom stereocenters. The zero-order valence-corrected chi connectivity index (χ0v) is 20.0. The van der Waals surface area contributed by atoms with Crippen molar-refractivity contribution in [2.24, 2.45) is 28.6 Å². The first-order valence-electron chi connectivity index (χ1n) is 12.3. The smallest absolute Gasteiger partial charge is 0.230 e. The van der Waals surface area contributed by atoms with Crippen LogP contribution in [0, 0.1) is 42.4 Å². The van der Waals surface area contributed by atoms with Gasteiger partial charge in [0.25, 0.3) is 0 Å². The van der Waals surface area contributed by atoms with Crippen LogP contribution >= 0.6 is 0 Å². The van der Waals surface area contributed by atoms with Gasteiger partial charge in [-0.1, -0.05) is 63.5 Å². The molecule has 1 aromatic carbocycles. The molecule has 0 aromatic heterocycles. The average molecular weight is 408 g/mol. The molecule has 2 nitrogen and oxygen atoms in total. The average Bonchev–Trinajstić information content (AvgIpc) is 2.70. The minimum absolute atomic E-state index is 0.209. The molecule has 4 atom stereocenters. The summed E-state index contributed by atoms with van der Waals surface area (Å²) >= 11 is 0. The van der Waals surface area contributed by atoms with Crippen LogP contribution in [0.25, 0.3) is 0 Å². The molecule has 1 amide bonds. The zero-order valence-electron chi connectivity index (χ0n) is 20.0. The predicted molar refractivity (Wildman–Crippen MR) is 127 cm³/mol. The molecule has 2 heteroatoms. The van der Waals surface area contributed by atoms with E-state index >= 15 is 0 Å². The number of hydrogen-bond acceptors (Lipinski definition) is 1. The van der Waals surface area contributed by atoms with E-state index in [9.17, 15) is 4.79 Å². The molecule has 1 fully saturated rings. The number of carbonyl (C=O) groups is 1. The number of fused-ring (bicyclic) bond motifs is 2. The van der Waals surface area contributed by atoms with E-state index in [-0.39, 0.29) is 16.7 Å². The number of rotatable bonds is 3. The van der Waals surface area contributed by atoms with Crippen LogP contribution in [0.5, 0.6) is 0 Å². The maximum absolute atomic E-state index is 13.8. The third kappa shape index (κ3) is 3.45. The molecule has 0 bridgehead atoms. The number of para-hydroxylation sites is 1. The lowest BCUT2D eigenvalue weighted by atomic mass is 9.48. The molecule has 0 saturated heterocycles. The van der Waals surface area contributed by atoms with Gasteiger partial charge in [0.05, 0.1) is 5.41 Å². The van der Waals surface area contributed by atoms with E-state index in [0.29, 0.717) is 5.92 Å². The van der Waals surface area contributed by atoms with Crippen molar-refractivity contribution in [3.8, 4) is 0 Å². The second-order valence-electron chi connectivity index (χ2n) is 11.3. The Bertz CT molecular complexity index is 845. The Morgan fingerprint density at radius 2 is 1.77 bits per heavy atom. The summed E-state index contributed by atoms with van der Waals surface area (Å²) in [5.41, 5.74) is 6.77. The summed E-state index contributed by atoms with van der Waals surface area (Å²) in [4.78, 5) is 13.8. The molecule has 0 radical (unpaired) electrons. The number of nitrogens with one attached hydrogen (secondary N) is 1. The maximum Gasteiger partial charge on any atom is 0.230 e. The Morgan fingerprint density at radius 1 is 1.07 bits per heavy atom. The normalized spacial score (nSPS) is 33.8. The van der Waals surface area contributed by atoms with Gasteiger partial charge < -0.3 is 5.32 Å². The van der Waals surface area contributed by atoms with Crippen LogP contribution in [-0.4, -0.2) is 5.91 Å². The molecule has 164 valence electrons. The third-order valence-electron chi connectivity index (χ3n) is 9.24. The van der Waals surface area contributed by atoms with Gasteiger partial charge in [-0.3, -0.25) is 4.79 Å². The van der Waals surface area contributed by atoms with Gasteiger partial charge in [-0.25, -0.2) is 0 Å². The van der Waals surface area contributed by atoms with Crippen LogP contribution in [-0.2, 0) is 4.79 Å². The van der Waals surface area contributed by atoms with Crippen LogP contribution in [0.1, 0.15) is 90.2 Å². The molecule has 30 heavy (non-hydrogen) atoms. The first-order valence-corrected chi connectivity index (χ1v) is 12.3. The lowest BCUT2D eigenvalue weighted by molar-refractivity contribution is -0.135. The van der Waals surface area contributed by atoms with Crippen molar-refractivity contribution < 1.29 is 4.79 Å². The highest BCUT2D eigenvalue weighted by Crippen LogP contribution is 2.62. The van der Waals surface area contributed by atoms with Gasteiger partial charge in [0, 0.05) is 5.69 Å². The Balaban J connectivity index is 1.63. The largest absolute Gasteiger partial charge is 0.325 e. The standard InChI is InChI=1S/C28H41NO/c1-18(2)21-11-13-23-22(17-21)12-14-24-27(23,5)15-8-16-28(24,6)26(30)29-25-19(3)9-7-10-20(25)4/h7,9-10,18,21,24H,8,11-17H2,1-6H3,(H,29,30). The Kier molecular flexibility index (Phi) is 5.66. The molecule has 1 aromatic rings. The summed E-state index contributed by atoms with van der Waals surface area (Å²) in [6, 6.07) is 6.27. The quantitative estimate of drug-likeness (QED) is 0.513. The van der Waals surface area contributed by atoms with Crippen LogP contribution in [0.4, 0.5) is 5.69 Å². The van der Waals surface area contributed by atoms with Crippen molar-refractivity contribution in [3.05, 3.63) is 40.5 Å². The summed E-state index contributed by atoms with van der Waals surface area (Å²) in [6.07, 6.45) is 9.73. The van der Waals surface area contributed by atoms with Crippen molar-refractivity contribution in [1.29, 1.82) is 0 Å². The first kappa shape index (κ1) is 21.7. The third-order valence-corrected chi connectivity index (χ3v) is 9.24. The molecule has 3 aliphatic rings. The second kappa shape index (κ2) is 7.84. The zero-order chi connectivity index (χ0) is 21.7. The van der Waals surface area contributed by atoms with Crippen LogP contribution < -0.4 is 5.32 Å². The van der Waals surface area contributed by atoms with Crippen LogP contribution in [0.15, 0.2) is 29.3 Å². The fraction of sp³-hybridized carbons (Fsp3) is 0.679. The maximum atomic E-state index is 13.8. The van der Waals surface area contributed by atoms with E-state index in [1.807, 2.05) is 0 Å². The van der Waals surface area contributed by atoms with E-state index in [1.54, 1.807) is 11.1 Å². The Labute approximate surface area is 183 Å². The molecule has 0 aliphatic heterocycles. The number of hydrogen-bond donors (Lipinski definition) is 1. The number of anilines is 1. The van der Waals surface area contributed by atoms with Gasteiger partial charge in [-0.2, -0.15) is 0 Å². The second-order valence-corrected chi connectivity index (χ2v) is 11.3. The van der Waals surface area contributed by atoms with E-state index in [4.69, 9.17) is 0 Å². The summed E-state index contributed by atoms with van der Waals surface area (Å²) in [5.74, 6) is 2.34. The number of allylic oxidation sites excluding steroid dienone is 2. The minimum Gasteiger partial charge on any atom is -0.325 e. The van der Waals surface area contributed by atoms with E-state index in [1.165, 1.54) is 38.5 Å². The summed E-state index contributed by atoms with van der Waals surface area (Å²) in [5, 5.41) is 3.38. The minimum atomic E-state index is -0.283. The summed E-state index contributed by atoms with van der Waals surface area (Å²) < 4.78 is 0. The van der Waals surface area contributed by atoms with Gasteiger partial charge >= 0.3 is 0 Å². The van der Waals surface area contributed by atoms with E-state index in [0.717, 1.165) is 41.5 Å². The van der Waals surface area contributed by atoms with Crippen molar-refractivity contribution in [2.45, 2.75) is 92.9 Å². The number of aryl methyl sites for hydroxylation is 2. The monoisotopic (exact) mass is 407 g/mol. The lowest BCUT2D eigenvalue weighted by Gasteiger charge is -2.56. The number of carbonyl (C=O) groups excluding carboxylic acids is 1. The predicted octanol–water partition coefficient (Wildman–Crippen LogP) is 7.60. The van der Waals surface area contributed by atoms with Gasteiger partial charge in [-0.05, 0) is 93.1 Å². The fourth-order valence-corrected chi connectivity index (χ4v) is 7.29. The van der Waals surface area contributed by atoms with Crippen LogP contribution in [0.3, 0.4) is 0 Å². The van der Waals surface area contributed by atoms with Crippen molar-refractivity contribution >= 4 is 11.6 Å². The highest BCUT2D eigenvalue weighted by molar-refractivity contribution is 5.96. The van der Waals surface area contributed by atoms with Crippen molar-refractivity contribution in [1.82, 2.24) is 0 Å². The first-order chi connectivity index (χ1) is 14.2. The SMILES string of the molecule is Cc1cccc(C)c1NC(=O)C1(C)CCCC2(C)C3=C(CCC12)CC(C(C)C)CC3. The summed E-state index contributed by atoms with van der Waals surface area (Å²) in [6.45, 7) is 13.7. The van der Waals surface area contributed by atoms with Gasteiger partial charge in [0.2, 0.25) is 5.91 Å². The van der Waals surface area contributed by atoms with Crippen molar-refractivity contribution in [3.63, 3.8) is 0 Å². The van der Waals surface area contributed by atoms with Gasteiger partial charge in [0.15, 0.2) is 0 Å². The van der Waals surface area contributed by atoms with Crippen LogP contribution in [0.2, 0.25) is 0 Å². The fourth-order valence-electron chi connectivity index (χ4n) is 7.29. The van der Waals surface area contributed by atoms with Gasteiger partial charge in [-0.15, -0.1) is 0 Å². The highest BCUT2D eigenvalue weighted by atomic mass is 16.2. The summed E-state index contributed by atoms with van der Waals surface area (Å²) in [7, 11) is 0. The Morgan fingerprint density at radius 3 is 2.43 bits per heavy atom. The van der Waals surface area contributed by atoms with Gasteiger partial charge in [0.1, 0.15) is 0 Å². The highest BCUT2D eigenvalue weighted by Gasteiger charge is 2.56. The molecule has 3 aliphatic carbocycles. The topological polar surface area (TPSA) is 29.1 Å². The molecule has 0 spiro atoms. The number of benzene rings is 1. The van der Waals surface area contributed by atoms with Crippen molar-refractivity contribution in [2.75, 3.05) is 5.32 Å². The van der Waals surface area contributed by atoms with E-state index < -0.39 is 0 Å².